The van der Waals surface area contributed by atoms with Gasteiger partial charge in [0.1, 0.15) is 0 Å². The number of hydrogen-bond donors (Lipinski definition) is 0. The Kier molecular flexibility index (Phi) is 6.37. The first-order valence-corrected chi connectivity index (χ1v) is 11.1. The van der Waals surface area contributed by atoms with Gasteiger partial charge in [0, 0.05) is 31.1 Å². The molecule has 2 aromatic carbocycles. The summed E-state index contributed by atoms with van der Waals surface area (Å²) in [6.45, 7) is 8.20. The van der Waals surface area contributed by atoms with Gasteiger partial charge in [0.2, 0.25) is 0 Å². The van der Waals surface area contributed by atoms with E-state index in [-0.39, 0.29) is 11.8 Å². The van der Waals surface area contributed by atoms with E-state index in [4.69, 9.17) is 4.74 Å². The fourth-order valence-electron chi connectivity index (χ4n) is 3.68. The Hall–Kier alpha value is -2.41. The molecule has 0 bridgehead atoms. The molecule has 0 radical (unpaired) electrons. The van der Waals surface area contributed by atoms with Crippen molar-refractivity contribution in [1.82, 2.24) is 9.80 Å². The molecule has 0 aliphatic carbocycles. The molecule has 2 aromatic rings. The zero-order valence-corrected chi connectivity index (χ0v) is 18.2. The third-order valence-electron chi connectivity index (χ3n) is 5.63. The lowest BCUT2D eigenvalue weighted by Crippen LogP contribution is -2.43. The molecule has 0 atom stereocenters. The second-order valence-electron chi connectivity index (χ2n) is 7.63. The fourth-order valence-corrected chi connectivity index (χ4v) is 4.71. The summed E-state index contributed by atoms with van der Waals surface area (Å²) in [6.07, 6.45) is 0. The number of thioether (sulfide) groups is 1. The molecule has 0 aromatic heterocycles. The van der Waals surface area contributed by atoms with E-state index in [0.29, 0.717) is 36.8 Å². The Bertz CT molecular complexity index is 981. The summed E-state index contributed by atoms with van der Waals surface area (Å²) in [5.74, 6) is -0.398. The van der Waals surface area contributed by atoms with Crippen LogP contribution in [0.3, 0.4) is 0 Å². The molecule has 156 valence electrons. The Morgan fingerprint density at radius 2 is 1.63 bits per heavy atom. The molecule has 30 heavy (non-hydrogen) atoms. The van der Waals surface area contributed by atoms with Crippen LogP contribution in [0.4, 0.5) is 0 Å². The van der Waals surface area contributed by atoms with Gasteiger partial charge in [-0.15, -0.1) is 0 Å². The predicted molar refractivity (Wildman–Crippen MR) is 119 cm³/mol. The van der Waals surface area contributed by atoms with Crippen molar-refractivity contribution in [2.24, 2.45) is 0 Å². The van der Waals surface area contributed by atoms with E-state index in [1.807, 2.05) is 62.4 Å². The molecule has 2 amide bonds. The van der Waals surface area contributed by atoms with Crippen LogP contribution in [-0.4, -0.2) is 61.0 Å². The lowest BCUT2D eigenvalue weighted by atomic mass is 10.0. The van der Waals surface area contributed by atoms with Crippen molar-refractivity contribution in [2.45, 2.75) is 18.7 Å². The molecular formula is C24H26N2O3S. The lowest BCUT2D eigenvalue weighted by Gasteiger charge is -2.28. The second kappa shape index (κ2) is 9.16. The monoisotopic (exact) mass is 422 g/mol. The van der Waals surface area contributed by atoms with E-state index < -0.39 is 0 Å². The first kappa shape index (κ1) is 20.8. The smallest absolute Gasteiger partial charge is 0.268 e. The topological polar surface area (TPSA) is 49.9 Å². The predicted octanol–water partition coefficient (Wildman–Crippen LogP) is 3.51. The summed E-state index contributed by atoms with van der Waals surface area (Å²) in [5, 5.41) is 0. The second-order valence-corrected chi connectivity index (χ2v) is 8.72. The van der Waals surface area contributed by atoms with Crippen LogP contribution >= 0.6 is 11.8 Å². The van der Waals surface area contributed by atoms with E-state index in [0.717, 1.165) is 34.7 Å². The van der Waals surface area contributed by atoms with Gasteiger partial charge in [-0.2, -0.15) is 0 Å². The maximum atomic E-state index is 13.4. The molecule has 4 rings (SSSR count). The normalized spacial score (nSPS) is 17.9. The maximum Gasteiger partial charge on any atom is 0.268 e. The highest BCUT2D eigenvalue weighted by Crippen LogP contribution is 2.39. The third-order valence-corrected chi connectivity index (χ3v) is 6.72. The van der Waals surface area contributed by atoms with E-state index in [1.54, 1.807) is 0 Å². The first-order valence-electron chi connectivity index (χ1n) is 10.3. The highest BCUT2D eigenvalue weighted by molar-refractivity contribution is 8.04. The molecule has 6 heteroatoms. The largest absolute Gasteiger partial charge is 0.379 e. The standard InChI is InChI=1S/C24H26N2O3S/c1-17-8-9-19(16-18(17)2)21-22(30-20-6-4-3-5-7-20)24(28)26(23(21)27)11-10-25-12-14-29-15-13-25/h3-9,16H,10-15H2,1-2H3. The Labute approximate surface area is 181 Å². The van der Waals surface area contributed by atoms with E-state index in [2.05, 4.69) is 4.90 Å². The van der Waals surface area contributed by atoms with Crippen molar-refractivity contribution in [1.29, 1.82) is 0 Å². The van der Waals surface area contributed by atoms with Crippen molar-refractivity contribution in [2.75, 3.05) is 39.4 Å². The van der Waals surface area contributed by atoms with Crippen molar-refractivity contribution < 1.29 is 14.3 Å². The van der Waals surface area contributed by atoms with Crippen molar-refractivity contribution in [3.05, 3.63) is 70.1 Å². The van der Waals surface area contributed by atoms with Gasteiger partial charge in [-0.25, -0.2) is 0 Å². The van der Waals surface area contributed by atoms with Crippen LogP contribution in [0.1, 0.15) is 16.7 Å². The highest BCUT2D eigenvalue weighted by atomic mass is 32.2. The average Bonchev–Trinajstić information content (AvgIpc) is 2.99. The average molecular weight is 423 g/mol. The van der Waals surface area contributed by atoms with Crippen LogP contribution in [0.15, 0.2) is 58.3 Å². The molecular weight excluding hydrogens is 396 g/mol. The number of rotatable bonds is 6. The number of hydrogen-bond acceptors (Lipinski definition) is 5. The number of carbonyl (C=O) groups excluding carboxylic acids is 2. The molecule has 0 spiro atoms. The molecule has 0 unspecified atom stereocenters. The number of imide groups is 1. The number of nitrogens with zero attached hydrogens (tertiary/aromatic N) is 2. The van der Waals surface area contributed by atoms with Crippen LogP contribution in [0.2, 0.25) is 0 Å². The number of benzene rings is 2. The summed E-state index contributed by atoms with van der Waals surface area (Å²) in [5.41, 5.74) is 3.59. The third kappa shape index (κ3) is 4.36. The maximum absolute atomic E-state index is 13.4. The van der Waals surface area contributed by atoms with Gasteiger partial charge in [0.15, 0.2) is 0 Å². The molecule has 1 fully saturated rings. The van der Waals surface area contributed by atoms with Gasteiger partial charge in [-0.1, -0.05) is 48.2 Å². The van der Waals surface area contributed by atoms with Crippen LogP contribution in [0.25, 0.3) is 5.57 Å². The number of amides is 2. The minimum Gasteiger partial charge on any atom is -0.379 e. The van der Waals surface area contributed by atoms with E-state index in [1.165, 1.54) is 16.7 Å². The Morgan fingerprint density at radius 1 is 0.900 bits per heavy atom. The Balaban J connectivity index is 1.64. The summed E-state index contributed by atoms with van der Waals surface area (Å²) in [7, 11) is 0. The van der Waals surface area contributed by atoms with Crippen LogP contribution in [0, 0.1) is 13.8 Å². The first-order chi connectivity index (χ1) is 14.5. The van der Waals surface area contributed by atoms with Gasteiger partial charge >= 0.3 is 0 Å². The molecule has 5 nitrogen and oxygen atoms in total. The van der Waals surface area contributed by atoms with Crippen LogP contribution in [-0.2, 0) is 14.3 Å². The summed E-state index contributed by atoms with van der Waals surface area (Å²) < 4.78 is 5.39. The van der Waals surface area contributed by atoms with Gasteiger partial charge < -0.3 is 4.74 Å². The fraction of sp³-hybridized carbons (Fsp3) is 0.333. The van der Waals surface area contributed by atoms with E-state index in [9.17, 15) is 9.59 Å². The van der Waals surface area contributed by atoms with Gasteiger partial charge in [0.05, 0.1) is 23.7 Å². The summed E-state index contributed by atoms with van der Waals surface area (Å²) in [6, 6.07) is 15.7. The zero-order valence-electron chi connectivity index (χ0n) is 17.4. The van der Waals surface area contributed by atoms with Crippen LogP contribution in [0.5, 0.6) is 0 Å². The molecule has 2 aliphatic heterocycles. The minimum atomic E-state index is -0.199. The lowest BCUT2D eigenvalue weighted by molar-refractivity contribution is -0.136. The summed E-state index contributed by atoms with van der Waals surface area (Å²) >= 11 is 1.38. The number of morpholine rings is 1. The quantitative estimate of drug-likeness (QED) is 0.667. The molecule has 0 saturated carbocycles. The molecule has 1 saturated heterocycles. The summed E-state index contributed by atoms with van der Waals surface area (Å²) in [4.78, 5) is 31.8. The van der Waals surface area contributed by atoms with Crippen molar-refractivity contribution in [3.63, 3.8) is 0 Å². The number of aryl methyl sites for hydroxylation is 2. The van der Waals surface area contributed by atoms with Crippen molar-refractivity contribution >= 4 is 29.1 Å². The minimum absolute atomic E-state index is 0.199. The van der Waals surface area contributed by atoms with Crippen molar-refractivity contribution in [3.8, 4) is 0 Å². The molecule has 2 heterocycles. The van der Waals surface area contributed by atoms with Gasteiger partial charge in [0.25, 0.3) is 11.8 Å². The molecule has 2 aliphatic rings. The SMILES string of the molecule is Cc1ccc(C2=C(Sc3ccccc3)C(=O)N(CCN3CCOCC3)C2=O)cc1C. The number of ether oxygens (including phenoxy) is 1. The number of carbonyl (C=O) groups is 2. The Morgan fingerprint density at radius 3 is 2.33 bits per heavy atom. The van der Waals surface area contributed by atoms with Gasteiger partial charge in [-0.05, 0) is 42.7 Å². The van der Waals surface area contributed by atoms with Crippen LogP contribution < -0.4 is 0 Å². The zero-order chi connectivity index (χ0) is 21.1. The van der Waals surface area contributed by atoms with E-state index >= 15 is 0 Å². The molecule has 0 N–H and O–H groups in total. The van der Waals surface area contributed by atoms with Gasteiger partial charge in [-0.3, -0.25) is 19.4 Å². The highest BCUT2D eigenvalue weighted by Gasteiger charge is 2.39.